The second kappa shape index (κ2) is 9.70. The van der Waals surface area contributed by atoms with E-state index in [1.165, 1.54) is 11.1 Å². The zero-order valence-corrected chi connectivity index (χ0v) is 19.7. The number of benzene rings is 1. The molecule has 3 heterocycles. The zero-order valence-electron chi connectivity index (χ0n) is 19.7. The van der Waals surface area contributed by atoms with E-state index in [0.717, 1.165) is 47.7 Å². The van der Waals surface area contributed by atoms with Gasteiger partial charge < -0.3 is 9.47 Å². The summed E-state index contributed by atoms with van der Waals surface area (Å²) in [6.07, 6.45) is 7.11. The fourth-order valence-electron chi connectivity index (χ4n) is 5.13. The van der Waals surface area contributed by atoms with Gasteiger partial charge in [-0.1, -0.05) is 18.2 Å². The number of pyridine rings is 2. The Morgan fingerprint density at radius 2 is 1.47 bits per heavy atom. The fraction of sp³-hybridized carbons (Fsp3) is 0.407. The number of hydrogen-bond acceptors (Lipinski definition) is 5. The monoisotopic (exact) mass is 431 g/mol. The number of rotatable bonds is 6. The van der Waals surface area contributed by atoms with Gasteiger partial charge in [0.1, 0.15) is 11.5 Å². The van der Waals surface area contributed by atoms with Gasteiger partial charge in [0.05, 0.1) is 37.7 Å². The summed E-state index contributed by atoms with van der Waals surface area (Å²) in [4.78, 5) is 12.3. The highest BCUT2D eigenvalue weighted by Crippen LogP contribution is 2.48. The topological polar surface area (TPSA) is 47.5 Å². The van der Waals surface area contributed by atoms with Crippen LogP contribution >= 0.6 is 0 Å². The molecule has 5 heteroatoms. The molecule has 3 aromatic rings. The van der Waals surface area contributed by atoms with Crippen LogP contribution in [0.3, 0.4) is 0 Å². The minimum Gasteiger partial charge on any atom is -0.497 e. The Morgan fingerprint density at radius 3 is 1.97 bits per heavy atom. The first-order valence-corrected chi connectivity index (χ1v) is 11.4. The van der Waals surface area contributed by atoms with Gasteiger partial charge in [0.2, 0.25) is 0 Å². The Bertz CT molecular complexity index is 1010. The smallest absolute Gasteiger partial charge is 0.127 e. The summed E-state index contributed by atoms with van der Waals surface area (Å²) in [6.45, 7) is 6.59. The van der Waals surface area contributed by atoms with E-state index >= 15 is 0 Å². The van der Waals surface area contributed by atoms with E-state index in [2.05, 4.69) is 43.9 Å². The van der Waals surface area contributed by atoms with Crippen molar-refractivity contribution in [1.29, 1.82) is 0 Å². The van der Waals surface area contributed by atoms with Crippen LogP contribution in [0, 0.1) is 13.8 Å². The molecule has 0 N–H and O–H groups in total. The van der Waals surface area contributed by atoms with Crippen molar-refractivity contribution < 1.29 is 9.47 Å². The van der Waals surface area contributed by atoms with Crippen molar-refractivity contribution in [3.05, 3.63) is 82.9 Å². The van der Waals surface area contributed by atoms with Gasteiger partial charge in [0, 0.05) is 30.1 Å². The summed E-state index contributed by atoms with van der Waals surface area (Å²) in [7, 11) is 3.41. The maximum atomic E-state index is 5.79. The van der Waals surface area contributed by atoms with Gasteiger partial charge in [-0.15, -0.1) is 0 Å². The average molecular weight is 432 g/mol. The molecule has 0 bridgehead atoms. The molecule has 1 aromatic carbocycles. The molecule has 4 rings (SSSR count). The van der Waals surface area contributed by atoms with E-state index in [4.69, 9.17) is 19.4 Å². The lowest BCUT2D eigenvalue weighted by Gasteiger charge is -2.46. The summed E-state index contributed by atoms with van der Waals surface area (Å²) in [5.41, 5.74) is 5.92. The molecule has 1 aliphatic rings. The molecular formula is C27H33N3O2. The van der Waals surface area contributed by atoms with Crippen molar-refractivity contribution in [3.8, 4) is 11.5 Å². The first-order chi connectivity index (χ1) is 15.5. The van der Waals surface area contributed by atoms with Gasteiger partial charge in [-0.25, -0.2) is 0 Å². The maximum absolute atomic E-state index is 5.79. The first-order valence-electron chi connectivity index (χ1n) is 11.4. The quantitative estimate of drug-likeness (QED) is 0.469. The Morgan fingerprint density at radius 1 is 0.875 bits per heavy atom. The molecular weight excluding hydrogens is 398 g/mol. The van der Waals surface area contributed by atoms with Crippen LogP contribution in [-0.2, 0) is 0 Å². The lowest BCUT2D eigenvalue weighted by atomic mass is 9.86. The highest BCUT2D eigenvalue weighted by molar-refractivity contribution is 5.43. The minimum absolute atomic E-state index is 0.106. The van der Waals surface area contributed by atoms with Crippen molar-refractivity contribution in [2.24, 2.45) is 0 Å². The number of nitrogens with zero attached hydrogens (tertiary/aromatic N) is 3. The number of aryl methyl sites for hydroxylation is 2. The molecule has 0 spiro atoms. The third-order valence-electron chi connectivity index (χ3n) is 6.74. The Labute approximate surface area is 191 Å². The summed E-state index contributed by atoms with van der Waals surface area (Å²) in [6, 6.07) is 15.0. The number of piperidine rings is 1. The van der Waals surface area contributed by atoms with Gasteiger partial charge in [0.25, 0.3) is 0 Å². The summed E-state index contributed by atoms with van der Waals surface area (Å²) in [5.74, 6) is 1.64. The van der Waals surface area contributed by atoms with Crippen LogP contribution in [0.15, 0.2) is 54.9 Å². The standard InChI is InChI=1S/C27H33N3O2/c1-18-9-7-15-28-26(18)23-11-6-12-24(27-19(2)10-8-16-29-27)30(23)20(3)22-14-13-21(31-4)17-25(22)32-5/h7-10,13-17,20,23-24H,6,11-12H2,1-5H3. The van der Waals surface area contributed by atoms with Gasteiger partial charge in [-0.05, 0) is 69.4 Å². The molecule has 2 aromatic heterocycles. The molecule has 32 heavy (non-hydrogen) atoms. The highest BCUT2D eigenvalue weighted by Gasteiger charge is 2.39. The van der Waals surface area contributed by atoms with E-state index in [1.54, 1.807) is 14.2 Å². The molecule has 1 aliphatic heterocycles. The van der Waals surface area contributed by atoms with E-state index < -0.39 is 0 Å². The molecule has 0 radical (unpaired) electrons. The van der Waals surface area contributed by atoms with Crippen LogP contribution in [-0.4, -0.2) is 29.1 Å². The average Bonchev–Trinajstić information content (AvgIpc) is 2.83. The SMILES string of the molecule is COc1ccc(C(C)N2C(c3ncccc3C)CCCC2c2ncccc2C)c(OC)c1. The second-order valence-corrected chi connectivity index (χ2v) is 8.60. The largest absolute Gasteiger partial charge is 0.497 e. The lowest BCUT2D eigenvalue weighted by Crippen LogP contribution is -2.39. The Kier molecular flexibility index (Phi) is 6.75. The van der Waals surface area contributed by atoms with Crippen LogP contribution in [0.1, 0.15) is 72.4 Å². The third kappa shape index (κ3) is 4.22. The molecule has 3 atom stereocenters. The predicted octanol–water partition coefficient (Wildman–Crippen LogP) is 6.14. The number of ether oxygens (including phenoxy) is 2. The van der Waals surface area contributed by atoms with Crippen LogP contribution in [0.25, 0.3) is 0 Å². The van der Waals surface area contributed by atoms with Crippen molar-refractivity contribution in [1.82, 2.24) is 14.9 Å². The maximum Gasteiger partial charge on any atom is 0.127 e. The third-order valence-corrected chi connectivity index (χ3v) is 6.74. The highest BCUT2D eigenvalue weighted by atomic mass is 16.5. The molecule has 5 nitrogen and oxygen atoms in total. The molecule has 0 saturated carbocycles. The molecule has 168 valence electrons. The Balaban J connectivity index is 1.84. The Hall–Kier alpha value is -2.92. The summed E-state index contributed by atoms with van der Waals surface area (Å²) in [5, 5.41) is 0. The van der Waals surface area contributed by atoms with Gasteiger partial charge in [-0.2, -0.15) is 0 Å². The molecule has 0 aliphatic carbocycles. The number of hydrogen-bond donors (Lipinski definition) is 0. The van der Waals surface area contributed by atoms with E-state index in [-0.39, 0.29) is 18.1 Å². The van der Waals surface area contributed by atoms with E-state index in [9.17, 15) is 0 Å². The number of aromatic nitrogens is 2. The van der Waals surface area contributed by atoms with Crippen LogP contribution in [0.5, 0.6) is 11.5 Å². The van der Waals surface area contributed by atoms with Crippen LogP contribution in [0.2, 0.25) is 0 Å². The molecule has 1 fully saturated rings. The number of methoxy groups -OCH3 is 2. The van der Waals surface area contributed by atoms with Crippen molar-refractivity contribution in [2.75, 3.05) is 14.2 Å². The van der Waals surface area contributed by atoms with Crippen LogP contribution < -0.4 is 9.47 Å². The second-order valence-electron chi connectivity index (χ2n) is 8.60. The van der Waals surface area contributed by atoms with Crippen molar-refractivity contribution >= 4 is 0 Å². The van der Waals surface area contributed by atoms with Gasteiger partial charge in [0.15, 0.2) is 0 Å². The van der Waals surface area contributed by atoms with Crippen LogP contribution in [0.4, 0.5) is 0 Å². The van der Waals surface area contributed by atoms with Gasteiger partial charge in [-0.3, -0.25) is 14.9 Å². The number of likely N-dealkylation sites (tertiary alicyclic amines) is 1. The summed E-state index contributed by atoms with van der Waals surface area (Å²) >= 11 is 0. The fourth-order valence-corrected chi connectivity index (χ4v) is 5.13. The zero-order chi connectivity index (χ0) is 22.7. The normalized spacial score (nSPS) is 20.0. The molecule has 1 saturated heterocycles. The molecule has 3 unspecified atom stereocenters. The van der Waals surface area contributed by atoms with Crippen molar-refractivity contribution in [3.63, 3.8) is 0 Å². The minimum atomic E-state index is 0.106. The van der Waals surface area contributed by atoms with E-state index in [0.29, 0.717) is 0 Å². The lowest BCUT2D eigenvalue weighted by molar-refractivity contribution is 0.0358. The van der Waals surface area contributed by atoms with Gasteiger partial charge >= 0.3 is 0 Å². The van der Waals surface area contributed by atoms with Crippen molar-refractivity contribution in [2.45, 2.75) is 58.2 Å². The first kappa shape index (κ1) is 22.3. The predicted molar refractivity (Wildman–Crippen MR) is 127 cm³/mol. The van der Waals surface area contributed by atoms with E-state index in [1.807, 2.05) is 36.7 Å². The summed E-state index contributed by atoms with van der Waals surface area (Å²) < 4.78 is 11.2. The molecule has 0 amide bonds.